The lowest BCUT2D eigenvalue weighted by atomic mass is 10.2. The van der Waals surface area contributed by atoms with E-state index in [1.165, 1.54) is 6.21 Å². The summed E-state index contributed by atoms with van der Waals surface area (Å²) in [4.78, 5) is 25.1. The normalized spacial score (nSPS) is 11.0. The summed E-state index contributed by atoms with van der Waals surface area (Å²) in [5, 5.41) is 4.01. The van der Waals surface area contributed by atoms with Crippen molar-refractivity contribution in [3.8, 4) is 17.2 Å². The van der Waals surface area contributed by atoms with Gasteiger partial charge in [-0.15, -0.1) is 0 Å². The van der Waals surface area contributed by atoms with E-state index in [1.807, 2.05) is 30.3 Å². The lowest BCUT2D eigenvalue weighted by Gasteiger charge is -2.10. The lowest BCUT2D eigenvalue weighted by molar-refractivity contribution is 0.0734. The molecule has 0 aliphatic heterocycles. The van der Waals surface area contributed by atoms with Crippen molar-refractivity contribution >= 4 is 34.0 Å². The second-order valence-electron chi connectivity index (χ2n) is 9.14. The third-order valence-electron chi connectivity index (χ3n) is 6.19. The molecule has 0 unspecified atom stereocenters. The molecule has 3 aromatic carbocycles. The fourth-order valence-corrected chi connectivity index (χ4v) is 4.54. The Morgan fingerprint density at radius 2 is 1.66 bits per heavy atom. The van der Waals surface area contributed by atoms with Crippen molar-refractivity contribution in [1.82, 2.24) is 9.99 Å². The SMILES string of the molecule is Cc1ccc(C)n1-c1ccc(OCc2ccc(C(=O)N/N=C\c3cc(Br)ccc3OC(=O)c3ccccc3)o2)cc1. The molecule has 2 heterocycles. The Morgan fingerprint density at radius 1 is 0.927 bits per heavy atom. The van der Waals surface area contributed by atoms with E-state index in [2.05, 4.69) is 57.0 Å². The molecule has 1 N–H and O–H groups in total. The number of ether oxygens (including phenoxy) is 2. The number of hydrogen-bond donors (Lipinski definition) is 1. The van der Waals surface area contributed by atoms with E-state index in [9.17, 15) is 9.59 Å². The number of benzene rings is 3. The Hall–Kier alpha value is -4.89. The lowest BCUT2D eigenvalue weighted by Crippen LogP contribution is -2.17. The summed E-state index contributed by atoms with van der Waals surface area (Å²) in [5.41, 5.74) is 6.71. The number of halogens is 1. The highest BCUT2D eigenvalue weighted by molar-refractivity contribution is 9.10. The number of amides is 1. The van der Waals surface area contributed by atoms with Crippen molar-refractivity contribution in [2.24, 2.45) is 5.10 Å². The zero-order chi connectivity index (χ0) is 28.8. The molecule has 5 aromatic rings. The van der Waals surface area contributed by atoms with E-state index < -0.39 is 11.9 Å². The van der Waals surface area contributed by atoms with Gasteiger partial charge in [-0.1, -0.05) is 34.1 Å². The van der Waals surface area contributed by atoms with Crippen molar-refractivity contribution in [2.45, 2.75) is 20.5 Å². The molecule has 0 saturated carbocycles. The predicted octanol–water partition coefficient (Wildman–Crippen LogP) is 7.01. The van der Waals surface area contributed by atoms with Crippen LogP contribution in [0.5, 0.6) is 11.5 Å². The summed E-state index contributed by atoms with van der Waals surface area (Å²) in [6.45, 7) is 4.29. The van der Waals surface area contributed by atoms with Gasteiger partial charge in [0.2, 0.25) is 0 Å². The molecule has 0 atom stereocenters. The van der Waals surface area contributed by atoms with Crippen LogP contribution in [-0.2, 0) is 6.61 Å². The molecule has 0 fully saturated rings. The van der Waals surface area contributed by atoms with Crippen molar-refractivity contribution < 1.29 is 23.5 Å². The number of aromatic nitrogens is 1. The van der Waals surface area contributed by atoms with Crippen LogP contribution < -0.4 is 14.9 Å². The molecular weight excluding hydrogens is 586 g/mol. The first kappa shape index (κ1) is 27.7. The average molecular weight is 612 g/mol. The van der Waals surface area contributed by atoms with Crippen LogP contribution >= 0.6 is 15.9 Å². The van der Waals surface area contributed by atoms with Gasteiger partial charge in [-0.3, -0.25) is 4.79 Å². The number of aryl methyl sites for hydroxylation is 2. The second kappa shape index (κ2) is 12.5. The molecule has 5 rings (SSSR count). The van der Waals surface area contributed by atoms with Crippen LogP contribution in [0, 0.1) is 13.8 Å². The number of hydrogen-bond acceptors (Lipinski definition) is 6. The summed E-state index contributed by atoms with van der Waals surface area (Å²) in [5.74, 6) is 0.512. The van der Waals surface area contributed by atoms with Crippen molar-refractivity contribution in [3.63, 3.8) is 0 Å². The van der Waals surface area contributed by atoms with Gasteiger partial charge >= 0.3 is 11.9 Å². The Balaban J connectivity index is 1.17. The number of nitrogens with one attached hydrogen (secondary N) is 1. The quantitative estimate of drug-likeness (QED) is 0.0837. The Bertz CT molecular complexity index is 1690. The maximum absolute atomic E-state index is 12.6. The van der Waals surface area contributed by atoms with Gasteiger partial charge in [0.15, 0.2) is 5.76 Å². The number of hydrazone groups is 1. The van der Waals surface area contributed by atoms with Crippen LogP contribution in [0.15, 0.2) is 111 Å². The molecule has 2 aromatic heterocycles. The summed E-state index contributed by atoms with van der Waals surface area (Å²) in [7, 11) is 0. The number of esters is 1. The molecular formula is C32H26BrN3O5. The zero-order valence-corrected chi connectivity index (χ0v) is 23.9. The minimum Gasteiger partial charge on any atom is -0.486 e. The van der Waals surface area contributed by atoms with E-state index in [0.29, 0.717) is 28.4 Å². The van der Waals surface area contributed by atoms with Crippen molar-refractivity contribution in [2.75, 3.05) is 0 Å². The molecule has 206 valence electrons. The van der Waals surface area contributed by atoms with Crippen molar-refractivity contribution in [1.29, 1.82) is 0 Å². The monoisotopic (exact) mass is 611 g/mol. The maximum atomic E-state index is 12.6. The van der Waals surface area contributed by atoms with E-state index in [-0.39, 0.29) is 12.4 Å². The van der Waals surface area contributed by atoms with Crippen LogP contribution in [0.3, 0.4) is 0 Å². The molecule has 0 aliphatic rings. The standard InChI is InChI=1S/C32H26BrN3O5/c1-21-8-9-22(2)36(21)26-11-13-27(14-12-26)39-20-28-15-17-30(40-28)31(37)35-34-19-24-18-25(33)10-16-29(24)41-32(38)23-6-4-3-5-7-23/h3-19H,20H2,1-2H3,(H,35,37)/b34-19-. The Kier molecular flexibility index (Phi) is 8.45. The Labute approximate surface area is 245 Å². The van der Waals surface area contributed by atoms with Crippen LogP contribution in [-0.4, -0.2) is 22.7 Å². The van der Waals surface area contributed by atoms with Crippen LogP contribution in [0.2, 0.25) is 0 Å². The third kappa shape index (κ3) is 6.82. The van der Waals surface area contributed by atoms with Gasteiger partial charge in [-0.05, 0) is 92.7 Å². The molecule has 0 aliphatic carbocycles. The van der Waals surface area contributed by atoms with Gasteiger partial charge in [-0.25, -0.2) is 10.2 Å². The highest BCUT2D eigenvalue weighted by atomic mass is 79.9. The number of furan rings is 1. The van der Waals surface area contributed by atoms with Gasteiger partial charge in [0.1, 0.15) is 23.9 Å². The molecule has 0 saturated heterocycles. The molecule has 1 amide bonds. The fourth-order valence-electron chi connectivity index (χ4n) is 4.16. The molecule has 9 heteroatoms. The van der Waals surface area contributed by atoms with Crippen molar-refractivity contribution in [3.05, 3.63) is 136 Å². The first-order chi connectivity index (χ1) is 19.9. The molecule has 0 spiro atoms. The predicted molar refractivity (Wildman–Crippen MR) is 159 cm³/mol. The minimum absolute atomic E-state index is 0.0830. The minimum atomic E-state index is -0.535. The molecule has 0 radical (unpaired) electrons. The van der Waals surface area contributed by atoms with Crippen LogP contribution in [0.1, 0.15) is 43.6 Å². The topological polar surface area (TPSA) is 95.1 Å². The second-order valence-corrected chi connectivity index (χ2v) is 10.1. The van der Waals surface area contributed by atoms with Gasteiger partial charge in [0.25, 0.3) is 0 Å². The van der Waals surface area contributed by atoms with Crippen LogP contribution in [0.4, 0.5) is 0 Å². The number of nitrogens with zero attached hydrogens (tertiary/aromatic N) is 2. The summed E-state index contributed by atoms with van der Waals surface area (Å²) >= 11 is 3.40. The average Bonchev–Trinajstić information content (AvgIpc) is 3.60. The number of carbonyl (C=O) groups excluding carboxylic acids is 2. The third-order valence-corrected chi connectivity index (χ3v) is 6.68. The summed E-state index contributed by atoms with van der Waals surface area (Å²) < 4.78 is 19.9. The summed E-state index contributed by atoms with van der Waals surface area (Å²) in [6, 6.07) is 28.9. The molecule has 41 heavy (non-hydrogen) atoms. The first-order valence-electron chi connectivity index (χ1n) is 12.7. The zero-order valence-electron chi connectivity index (χ0n) is 22.3. The highest BCUT2D eigenvalue weighted by Crippen LogP contribution is 2.23. The number of carbonyl (C=O) groups is 2. The maximum Gasteiger partial charge on any atom is 0.343 e. The van der Waals surface area contributed by atoms with Gasteiger partial charge in [-0.2, -0.15) is 5.10 Å². The van der Waals surface area contributed by atoms with Crippen LogP contribution in [0.25, 0.3) is 5.69 Å². The fraction of sp³-hybridized carbons (Fsp3) is 0.0938. The van der Waals surface area contributed by atoms with Gasteiger partial charge < -0.3 is 18.5 Å². The Morgan fingerprint density at radius 3 is 2.39 bits per heavy atom. The first-order valence-corrected chi connectivity index (χ1v) is 13.5. The highest BCUT2D eigenvalue weighted by Gasteiger charge is 2.13. The van der Waals surface area contributed by atoms with E-state index in [0.717, 1.165) is 21.5 Å². The van der Waals surface area contributed by atoms with Gasteiger partial charge in [0.05, 0.1) is 11.8 Å². The van der Waals surface area contributed by atoms with E-state index in [1.54, 1.807) is 54.6 Å². The number of rotatable bonds is 9. The largest absolute Gasteiger partial charge is 0.486 e. The van der Waals surface area contributed by atoms with E-state index in [4.69, 9.17) is 13.9 Å². The smallest absolute Gasteiger partial charge is 0.343 e. The molecule has 8 nitrogen and oxygen atoms in total. The van der Waals surface area contributed by atoms with E-state index >= 15 is 0 Å². The van der Waals surface area contributed by atoms with Gasteiger partial charge in [0, 0.05) is 27.1 Å². The summed E-state index contributed by atoms with van der Waals surface area (Å²) in [6.07, 6.45) is 1.39. The molecule has 0 bridgehead atoms.